The zero-order valence-corrected chi connectivity index (χ0v) is 15.7. The van der Waals surface area contributed by atoms with Crippen molar-refractivity contribution in [2.24, 2.45) is 15.7 Å². The first-order valence-corrected chi connectivity index (χ1v) is 10.4. The van der Waals surface area contributed by atoms with Crippen molar-refractivity contribution in [1.82, 2.24) is 0 Å². The summed E-state index contributed by atoms with van der Waals surface area (Å²) < 4.78 is 58.1. The number of aliphatic imine (C=N–C) groups is 2. The molecule has 0 heterocycles. The van der Waals surface area contributed by atoms with Gasteiger partial charge in [-0.2, -0.15) is 13.2 Å². The minimum absolute atomic E-state index is 0.236. The third-order valence-corrected chi connectivity index (χ3v) is 4.44. The lowest BCUT2D eigenvalue weighted by molar-refractivity contribution is -0.0604. The van der Waals surface area contributed by atoms with Crippen LogP contribution in [0.5, 0.6) is 0 Å². The maximum atomic E-state index is 13.7. The number of nitrogens with two attached hydrogens (primary N) is 1. The molecule has 0 amide bonds. The average Bonchev–Trinajstić information content (AvgIpc) is 2.43. The second-order valence-corrected chi connectivity index (χ2v) is 8.93. The smallest absolute Gasteiger partial charge is 0.383 e. The Morgan fingerprint density at radius 3 is 2.54 bits per heavy atom. The number of benzene rings is 1. The minimum atomic E-state index is -4.82. The summed E-state index contributed by atoms with van der Waals surface area (Å²) in [6, 6.07) is 4.56. The molecule has 24 heavy (non-hydrogen) atoms. The number of hydrogen-bond acceptors (Lipinski definition) is 2. The van der Waals surface area contributed by atoms with Crippen molar-refractivity contribution in [3.63, 3.8) is 0 Å². The molecule has 0 atom stereocenters. The molecule has 10 heteroatoms. The van der Waals surface area contributed by atoms with Gasteiger partial charge in [0.25, 0.3) is 0 Å². The molecule has 1 aromatic carbocycles. The van der Waals surface area contributed by atoms with E-state index in [9.17, 15) is 17.6 Å². The standard InChI is InChI=1S/C14H17BrF4N3OSi/c1-24(2)6-5-23-8-21-13(14(17,18)19)22-12(20)10-4-3-9(15)7-11(10)16/h3-4,7H,5-6,8H2,1-2H3,(H2,20,21,22). The molecule has 0 aliphatic heterocycles. The van der Waals surface area contributed by atoms with Gasteiger partial charge in [-0.25, -0.2) is 14.4 Å². The minimum Gasteiger partial charge on any atom is -0.383 e. The van der Waals surface area contributed by atoms with Gasteiger partial charge in [0.1, 0.15) is 18.4 Å². The van der Waals surface area contributed by atoms with Crippen molar-refractivity contribution >= 4 is 36.4 Å². The third-order valence-electron chi connectivity index (χ3n) is 2.74. The Hall–Kier alpha value is -1.26. The van der Waals surface area contributed by atoms with Crippen LogP contribution in [0.25, 0.3) is 0 Å². The van der Waals surface area contributed by atoms with Crippen LogP contribution in [-0.4, -0.2) is 40.0 Å². The van der Waals surface area contributed by atoms with E-state index in [1.807, 2.05) is 0 Å². The Bertz CT molecular complexity index is 621. The molecule has 0 spiro atoms. The maximum Gasteiger partial charge on any atom is 0.451 e. The van der Waals surface area contributed by atoms with Gasteiger partial charge in [-0.15, -0.1) is 0 Å². The zero-order chi connectivity index (χ0) is 18.3. The zero-order valence-electron chi connectivity index (χ0n) is 13.1. The van der Waals surface area contributed by atoms with Crippen LogP contribution in [-0.2, 0) is 4.74 Å². The molecule has 0 fully saturated rings. The van der Waals surface area contributed by atoms with Gasteiger partial charge in [-0.1, -0.05) is 29.0 Å². The lowest BCUT2D eigenvalue weighted by atomic mass is 10.2. The van der Waals surface area contributed by atoms with E-state index in [2.05, 4.69) is 39.0 Å². The Morgan fingerprint density at radius 1 is 1.33 bits per heavy atom. The highest BCUT2D eigenvalue weighted by Crippen LogP contribution is 2.20. The van der Waals surface area contributed by atoms with Crippen LogP contribution in [0.3, 0.4) is 0 Å². The molecule has 0 unspecified atom stereocenters. The van der Waals surface area contributed by atoms with Gasteiger partial charge in [0, 0.05) is 19.9 Å². The molecule has 1 rings (SSSR count). The Balaban J connectivity index is 2.92. The predicted molar refractivity (Wildman–Crippen MR) is 91.4 cm³/mol. The van der Waals surface area contributed by atoms with Crippen LogP contribution in [0, 0.1) is 5.82 Å². The average molecular weight is 427 g/mol. The van der Waals surface area contributed by atoms with Gasteiger partial charge in [-0.3, -0.25) is 0 Å². The first kappa shape index (κ1) is 20.8. The lowest BCUT2D eigenvalue weighted by Gasteiger charge is -2.09. The van der Waals surface area contributed by atoms with Crippen molar-refractivity contribution in [2.45, 2.75) is 25.3 Å². The number of hydrogen-bond donors (Lipinski definition) is 1. The van der Waals surface area contributed by atoms with E-state index in [1.54, 1.807) is 0 Å². The molecule has 4 nitrogen and oxygen atoms in total. The van der Waals surface area contributed by atoms with Gasteiger partial charge in [0.15, 0.2) is 0 Å². The third kappa shape index (κ3) is 7.10. The van der Waals surface area contributed by atoms with E-state index in [4.69, 9.17) is 10.5 Å². The summed E-state index contributed by atoms with van der Waals surface area (Å²) in [6.07, 6.45) is -4.82. The molecule has 0 aliphatic rings. The first-order chi connectivity index (χ1) is 11.1. The summed E-state index contributed by atoms with van der Waals surface area (Å²) >= 11 is 3.05. The molecular weight excluding hydrogens is 410 g/mol. The molecule has 0 saturated heterocycles. The van der Waals surface area contributed by atoms with Gasteiger partial charge in [-0.05, 0) is 24.2 Å². The molecule has 0 bridgehead atoms. The molecule has 0 saturated carbocycles. The van der Waals surface area contributed by atoms with E-state index in [-0.39, 0.29) is 5.56 Å². The second kappa shape index (κ2) is 9.28. The van der Waals surface area contributed by atoms with Crippen LogP contribution in [0.15, 0.2) is 32.7 Å². The molecule has 2 N–H and O–H groups in total. The van der Waals surface area contributed by atoms with Gasteiger partial charge >= 0.3 is 6.18 Å². The van der Waals surface area contributed by atoms with Crippen LogP contribution in [0.2, 0.25) is 19.1 Å². The van der Waals surface area contributed by atoms with E-state index in [0.717, 1.165) is 12.1 Å². The summed E-state index contributed by atoms with van der Waals surface area (Å²) in [7, 11) is -0.514. The predicted octanol–water partition coefficient (Wildman–Crippen LogP) is 3.98. The summed E-state index contributed by atoms with van der Waals surface area (Å²) in [5.41, 5.74) is 5.25. The number of rotatable bonds is 6. The molecule has 1 aromatic rings. The SMILES string of the molecule is C[Si](C)CCOCN=C(N=C(N)c1ccc(Br)cc1F)C(F)(F)F. The van der Waals surface area contributed by atoms with Gasteiger partial charge in [0.05, 0.1) is 5.56 Å². The molecule has 133 valence electrons. The second-order valence-electron chi connectivity index (χ2n) is 5.10. The number of halogens is 5. The Kier molecular flexibility index (Phi) is 8.04. The normalized spacial score (nSPS) is 13.7. The number of amidine groups is 2. The number of nitrogens with zero attached hydrogens (tertiary/aromatic N) is 2. The number of ether oxygens (including phenoxy) is 1. The van der Waals surface area contributed by atoms with Crippen molar-refractivity contribution in [2.75, 3.05) is 13.3 Å². The summed E-state index contributed by atoms with van der Waals surface area (Å²) in [5, 5.41) is 0. The Morgan fingerprint density at radius 2 is 2.00 bits per heavy atom. The topological polar surface area (TPSA) is 60.0 Å². The Labute approximate surface area is 147 Å². The highest BCUT2D eigenvalue weighted by atomic mass is 79.9. The van der Waals surface area contributed by atoms with Crippen molar-refractivity contribution in [3.05, 3.63) is 34.1 Å². The van der Waals surface area contributed by atoms with Gasteiger partial charge in [0.2, 0.25) is 5.84 Å². The highest BCUT2D eigenvalue weighted by molar-refractivity contribution is 9.10. The fourth-order valence-electron chi connectivity index (χ4n) is 1.51. The number of alkyl halides is 3. The van der Waals surface area contributed by atoms with E-state index in [0.29, 0.717) is 11.1 Å². The van der Waals surface area contributed by atoms with Crippen molar-refractivity contribution in [3.8, 4) is 0 Å². The molecule has 0 aliphatic carbocycles. The largest absolute Gasteiger partial charge is 0.451 e. The monoisotopic (exact) mass is 426 g/mol. The van der Waals surface area contributed by atoms with E-state index < -0.39 is 39.2 Å². The molecule has 0 aromatic heterocycles. The van der Waals surface area contributed by atoms with Crippen LogP contribution in [0.1, 0.15) is 5.56 Å². The quantitative estimate of drug-likeness (QED) is 0.246. The van der Waals surface area contributed by atoms with E-state index >= 15 is 0 Å². The van der Waals surface area contributed by atoms with Crippen LogP contribution in [0.4, 0.5) is 17.6 Å². The summed E-state index contributed by atoms with van der Waals surface area (Å²) in [4.78, 5) is 6.52. The van der Waals surface area contributed by atoms with Crippen LogP contribution >= 0.6 is 15.9 Å². The maximum absolute atomic E-state index is 13.7. The van der Waals surface area contributed by atoms with Crippen molar-refractivity contribution < 1.29 is 22.3 Å². The molecule has 1 radical (unpaired) electrons. The van der Waals surface area contributed by atoms with Crippen LogP contribution < -0.4 is 5.73 Å². The van der Waals surface area contributed by atoms with Gasteiger partial charge < -0.3 is 10.5 Å². The van der Waals surface area contributed by atoms with Crippen molar-refractivity contribution in [1.29, 1.82) is 0 Å². The highest BCUT2D eigenvalue weighted by Gasteiger charge is 2.36. The molecular formula is C14H17BrF4N3OSi. The first-order valence-electron chi connectivity index (χ1n) is 6.89. The lowest BCUT2D eigenvalue weighted by Crippen LogP contribution is -2.26. The van der Waals surface area contributed by atoms with E-state index in [1.165, 1.54) is 12.1 Å². The summed E-state index contributed by atoms with van der Waals surface area (Å²) in [5.74, 6) is -2.85. The summed E-state index contributed by atoms with van der Waals surface area (Å²) in [6.45, 7) is 3.98. The fourth-order valence-corrected chi connectivity index (χ4v) is 2.39. The fraction of sp³-hybridized carbons (Fsp3) is 0.429.